The first-order valence-corrected chi connectivity index (χ1v) is 22.7. The molecule has 2 atom stereocenters. The standard InChI is InChI=1S/C41H82NO7P/c1-3-5-7-9-11-13-15-16-17-18-19-20-21-22-23-25-27-29-31-33-36-46-38-40(39-48-50(44,45)47-37-35-42)49-41(43)34-32-30-28-26-24-14-12-10-8-6-4-2/h10,12,40H,3-9,11,13-39,42H2,1-2H3,(H,44,45)/b12-10-. The Morgan fingerprint density at radius 3 is 1.52 bits per heavy atom. The number of phosphoric acid groups is 1. The van der Waals surface area contributed by atoms with Crippen molar-refractivity contribution in [3.05, 3.63) is 12.2 Å². The van der Waals surface area contributed by atoms with Gasteiger partial charge in [-0.3, -0.25) is 13.8 Å². The summed E-state index contributed by atoms with van der Waals surface area (Å²) in [6.07, 6.45) is 40.9. The number of unbranched alkanes of at least 4 members (excludes halogenated alkanes) is 26. The largest absolute Gasteiger partial charge is 0.472 e. The summed E-state index contributed by atoms with van der Waals surface area (Å²) in [7, 11) is -4.27. The van der Waals surface area contributed by atoms with Gasteiger partial charge in [0.2, 0.25) is 0 Å². The molecule has 50 heavy (non-hydrogen) atoms. The van der Waals surface area contributed by atoms with Gasteiger partial charge in [0.05, 0.1) is 19.8 Å². The second-order valence-electron chi connectivity index (χ2n) is 14.2. The maximum Gasteiger partial charge on any atom is 0.472 e. The van der Waals surface area contributed by atoms with Crippen LogP contribution in [0.25, 0.3) is 0 Å². The van der Waals surface area contributed by atoms with E-state index in [1.54, 1.807) is 0 Å². The molecule has 2 unspecified atom stereocenters. The van der Waals surface area contributed by atoms with Gasteiger partial charge in [-0.1, -0.05) is 180 Å². The van der Waals surface area contributed by atoms with Crippen molar-refractivity contribution < 1.29 is 32.8 Å². The number of hydrogen-bond donors (Lipinski definition) is 2. The topological polar surface area (TPSA) is 117 Å². The molecule has 0 bridgehead atoms. The lowest BCUT2D eigenvalue weighted by Crippen LogP contribution is -2.28. The Morgan fingerprint density at radius 1 is 0.580 bits per heavy atom. The van der Waals surface area contributed by atoms with Gasteiger partial charge in [-0.15, -0.1) is 0 Å². The molecule has 0 amide bonds. The highest BCUT2D eigenvalue weighted by Crippen LogP contribution is 2.43. The Balaban J connectivity index is 3.93. The van der Waals surface area contributed by atoms with E-state index in [1.165, 1.54) is 141 Å². The summed E-state index contributed by atoms with van der Waals surface area (Å²) >= 11 is 0. The minimum absolute atomic E-state index is 0.0939. The number of carbonyl (C=O) groups is 1. The average molecular weight is 732 g/mol. The number of rotatable bonds is 41. The molecule has 0 aliphatic heterocycles. The van der Waals surface area contributed by atoms with E-state index < -0.39 is 13.9 Å². The molecule has 0 aromatic carbocycles. The molecule has 0 spiro atoms. The lowest BCUT2D eigenvalue weighted by molar-refractivity contribution is -0.154. The van der Waals surface area contributed by atoms with Crippen LogP contribution < -0.4 is 5.73 Å². The van der Waals surface area contributed by atoms with Crippen LogP contribution in [0.2, 0.25) is 0 Å². The first kappa shape index (κ1) is 49.2. The van der Waals surface area contributed by atoms with Gasteiger partial charge in [-0.05, 0) is 32.1 Å². The summed E-state index contributed by atoms with van der Waals surface area (Å²) in [5, 5.41) is 0. The number of ether oxygens (including phenoxy) is 2. The fourth-order valence-electron chi connectivity index (χ4n) is 6.04. The molecule has 0 radical (unpaired) electrons. The molecular formula is C41H82NO7P. The van der Waals surface area contributed by atoms with E-state index in [2.05, 4.69) is 26.0 Å². The fraction of sp³-hybridized carbons (Fsp3) is 0.927. The van der Waals surface area contributed by atoms with Crippen LogP contribution in [-0.4, -0.2) is 49.9 Å². The highest BCUT2D eigenvalue weighted by Gasteiger charge is 2.25. The number of hydrogen-bond acceptors (Lipinski definition) is 7. The molecule has 0 saturated heterocycles. The van der Waals surface area contributed by atoms with Gasteiger partial charge in [-0.2, -0.15) is 0 Å². The summed E-state index contributed by atoms with van der Waals surface area (Å²) in [4.78, 5) is 22.4. The third kappa shape index (κ3) is 38.5. The van der Waals surface area contributed by atoms with E-state index in [0.717, 1.165) is 44.9 Å². The first-order chi connectivity index (χ1) is 24.4. The van der Waals surface area contributed by atoms with E-state index >= 15 is 0 Å². The lowest BCUT2D eigenvalue weighted by Gasteiger charge is -2.20. The Bertz CT molecular complexity index is 782. The Morgan fingerprint density at radius 2 is 1.02 bits per heavy atom. The summed E-state index contributed by atoms with van der Waals surface area (Å²) in [5.74, 6) is -0.337. The SMILES string of the molecule is CCCC/C=C\CCCCCCCC(=O)OC(COCCCCCCCCCCCCCCCCCCCCCC)COP(=O)(O)OCCN. The zero-order valence-corrected chi connectivity index (χ0v) is 33.8. The Kier molecular flexibility index (Phi) is 38.8. The molecule has 0 rings (SSSR count). The smallest absolute Gasteiger partial charge is 0.457 e. The van der Waals surface area contributed by atoms with Crippen LogP contribution >= 0.6 is 7.82 Å². The lowest BCUT2D eigenvalue weighted by atomic mass is 10.0. The van der Waals surface area contributed by atoms with Crippen molar-refractivity contribution in [1.82, 2.24) is 0 Å². The van der Waals surface area contributed by atoms with Gasteiger partial charge in [0.25, 0.3) is 0 Å². The maximum absolute atomic E-state index is 12.5. The van der Waals surface area contributed by atoms with Crippen LogP contribution in [0.5, 0.6) is 0 Å². The van der Waals surface area contributed by atoms with Gasteiger partial charge in [0.15, 0.2) is 0 Å². The van der Waals surface area contributed by atoms with E-state index in [9.17, 15) is 14.3 Å². The zero-order valence-electron chi connectivity index (χ0n) is 32.9. The van der Waals surface area contributed by atoms with E-state index in [4.69, 9.17) is 24.3 Å². The maximum atomic E-state index is 12.5. The number of phosphoric ester groups is 1. The molecule has 0 saturated carbocycles. The summed E-state index contributed by atoms with van der Waals surface area (Å²) in [6.45, 7) is 4.91. The van der Waals surface area contributed by atoms with Crippen molar-refractivity contribution in [2.45, 2.75) is 213 Å². The molecule has 0 fully saturated rings. The molecule has 0 aliphatic rings. The second kappa shape index (κ2) is 39.4. The monoisotopic (exact) mass is 732 g/mol. The van der Waals surface area contributed by atoms with E-state index in [1.807, 2.05) is 0 Å². The summed E-state index contributed by atoms with van der Waals surface area (Å²) in [6, 6.07) is 0. The van der Waals surface area contributed by atoms with Crippen LogP contribution in [0.4, 0.5) is 0 Å². The van der Waals surface area contributed by atoms with Crippen LogP contribution in [-0.2, 0) is 27.9 Å². The number of esters is 1. The van der Waals surface area contributed by atoms with Gasteiger partial charge in [0, 0.05) is 19.6 Å². The Labute approximate surface area is 309 Å². The van der Waals surface area contributed by atoms with Crippen molar-refractivity contribution in [2.24, 2.45) is 5.73 Å². The molecule has 9 heteroatoms. The third-order valence-electron chi connectivity index (χ3n) is 9.18. The highest BCUT2D eigenvalue weighted by atomic mass is 31.2. The molecule has 8 nitrogen and oxygen atoms in total. The number of nitrogens with two attached hydrogens (primary N) is 1. The predicted octanol–water partition coefficient (Wildman–Crippen LogP) is 12.3. The molecular weight excluding hydrogens is 649 g/mol. The van der Waals surface area contributed by atoms with Gasteiger partial charge < -0.3 is 20.1 Å². The molecule has 0 heterocycles. The summed E-state index contributed by atoms with van der Waals surface area (Å²) < 4.78 is 33.3. The van der Waals surface area contributed by atoms with Gasteiger partial charge >= 0.3 is 13.8 Å². The van der Waals surface area contributed by atoms with Crippen LogP contribution in [0.15, 0.2) is 12.2 Å². The van der Waals surface area contributed by atoms with Crippen LogP contribution in [0, 0.1) is 0 Å². The van der Waals surface area contributed by atoms with Crippen molar-refractivity contribution in [2.75, 3.05) is 33.0 Å². The van der Waals surface area contributed by atoms with Crippen molar-refractivity contribution in [3.63, 3.8) is 0 Å². The molecule has 0 aliphatic carbocycles. The van der Waals surface area contributed by atoms with E-state index in [0.29, 0.717) is 13.0 Å². The molecule has 0 aromatic rings. The molecule has 0 aromatic heterocycles. The second-order valence-corrected chi connectivity index (χ2v) is 15.7. The molecule has 3 N–H and O–H groups in total. The third-order valence-corrected chi connectivity index (χ3v) is 10.2. The van der Waals surface area contributed by atoms with Gasteiger partial charge in [-0.25, -0.2) is 4.57 Å². The highest BCUT2D eigenvalue weighted by molar-refractivity contribution is 7.47. The quantitative estimate of drug-likeness (QED) is 0.0276. The Hall–Kier alpha value is -0.760. The molecule has 298 valence electrons. The van der Waals surface area contributed by atoms with Crippen molar-refractivity contribution in [1.29, 1.82) is 0 Å². The normalized spacial score (nSPS) is 13.6. The van der Waals surface area contributed by atoms with Gasteiger partial charge in [0.1, 0.15) is 6.10 Å². The zero-order chi connectivity index (χ0) is 36.6. The minimum Gasteiger partial charge on any atom is -0.457 e. The summed E-state index contributed by atoms with van der Waals surface area (Å²) in [5.41, 5.74) is 5.36. The van der Waals surface area contributed by atoms with E-state index in [-0.39, 0.29) is 32.3 Å². The van der Waals surface area contributed by atoms with Crippen molar-refractivity contribution in [3.8, 4) is 0 Å². The van der Waals surface area contributed by atoms with Crippen LogP contribution in [0.3, 0.4) is 0 Å². The number of allylic oxidation sites excluding steroid dienone is 2. The first-order valence-electron chi connectivity index (χ1n) is 21.2. The number of carbonyl (C=O) groups excluding carboxylic acids is 1. The van der Waals surface area contributed by atoms with Crippen LogP contribution in [0.1, 0.15) is 206 Å². The van der Waals surface area contributed by atoms with Crippen molar-refractivity contribution >= 4 is 13.8 Å². The fourth-order valence-corrected chi connectivity index (χ4v) is 6.80. The average Bonchev–Trinajstić information content (AvgIpc) is 3.10. The predicted molar refractivity (Wildman–Crippen MR) is 210 cm³/mol. The minimum atomic E-state index is -4.27.